The number of aromatic amines is 1. The van der Waals surface area contributed by atoms with Crippen LogP contribution in [0.3, 0.4) is 0 Å². The van der Waals surface area contributed by atoms with E-state index in [1.165, 1.54) is 14.2 Å². The number of aromatic nitrogens is 1. The zero-order valence-electron chi connectivity index (χ0n) is 14.5. The fraction of sp³-hybridized carbons (Fsp3) is 0.278. The SMILES string of the molecule is COC(=O)c1c(C)[nH]c(C(=O)OCC(=O)c2ccccc2OC)c1C. The number of H-pyrrole nitrogens is 1. The van der Waals surface area contributed by atoms with Crippen LogP contribution in [0, 0.1) is 13.8 Å². The fourth-order valence-corrected chi connectivity index (χ4v) is 2.52. The quantitative estimate of drug-likeness (QED) is 0.638. The van der Waals surface area contributed by atoms with Crippen molar-refractivity contribution in [1.29, 1.82) is 0 Å². The van der Waals surface area contributed by atoms with Crippen molar-refractivity contribution in [3.05, 3.63) is 52.3 Å². The van der Waals surface area contributed by atoms with Gasteiger partial charge in [-0.25, -0.2) is 9.59 Å². The zero-order chi connectivity index (χ0) is 18.6. The summed E-state index contributed by atoms with van der Waals surface area (Å²) in [6.07, 6.45) is 0. The first-order chi connectivity index (χ1) is 11.9. The summed E-state index contributed by atoms with van der Waals surface area (Å²) in [5, 5.41) is 0. The Morgan fingerprint density at radius 1 is 1.04 bits per heavy atom. The van der Waals surface area contributed by atoms with Gasteiger partial charge in [0.15, 0.2) is 6.61 Å². The van der Waals surface area contributed by atoms with Crippen LogP contribution in [-0.4, -0.2) is 43.5 Å². The second-order valence-electron chi connectivity index (χ2n) is 5.32. The molecule has 2 rings (SSSR count). The van der Waals surface area contributed by atoms with Crippen molar-refractivity contribution < 1.29 is 28.6 Å². The molecule has 7 nitrogen and oxygen atoms in total. The third-order valence-corrected chi connectivity index (χ3v) is 3.77. The van der Waals surface area contributed by atoms with Crippen molar-refractivity contribution in [2.45, 2.75) is 13.8 Å². The van der Waals surface area contributed by atoms with Gasteiger partial charge in [0.05, 0.1) is 25.3 Å². The number of para-hydroxylation sites is 1. The van der Waals surface area contributed by atoms with Gasteiger partial charge >= 0.3 is 11.9 Å². The van der Waals surface area contributed by atoms with Crippen molar-refractivity contribution in [1.82, 2.24) is 4.98 Å². The Kier molecular flexibility index (Phi) is 5.59. The van der Waals surface area contributed by atoms with Crippen LogP contribution in [0.5, 0.6) is 5.75 Å². The molecule has 7 heteroatoms. The van der Waals surface area contributed by atoms with Gasteiger partial charge < -0.3 is 19.2 Å². The van der Waals surface area contributed by atoms with E-state index < -0.39 is 18.5 Å². The number of benzene rings is 1. The number of carbonyl (C=O) groups is 3. The highest BCUT2D eigenvalue weighted by Gasteiger charge is 2.24. The second-order valence-corrected chi connectivity index (χ2v) is 5.32. The first kappa shape index (κ1) is 18.3. The predicted octanol–water partition coefficient (Wildman–Crippen LogP) is 2.47. The average molecular weight is 345 g/mol. The molecular formula is C18H19NO6. The number of rotatable bonds is 6. The summed E-state index contributed by atoms with van der Waals surface area (Å²) in [4.78, 5) is 39.0. The van der Waals surface area contributed by atoms with Crippen molar-refractivity contribution in [2.75, 3.05) is 20.8 Å². The molecule has 25 heavy (non-hydrogen) atoms. The van der Waals surface area contributed by atoms with Crippen LogP contribution in [0.2, 0.25) is 0 Å². The standard InChI is InChI=1S/C18H19NO6/c1-10-15(17(21)24-4)11(2)19-16(10)18(22)25-9-13(20)12-7-5-6-8-14(12)23-3/h5-8,19H,9H2,1-4H3. The molecule has 0 spiro atoms. The van der Waals surface area contributed by atoms with Gasteiger partial charge in [-0.1, -0.05) is 12.1 Å². The normalized spacial score (nSPS) is 10.2. The van der Waals surface area contributed by atoms with Crippen molar-refractivity contribution in [2.24, 2.45) is 0 Å². The fourth-order valence-electron chi connectivity index (χ4n) is 2.52. The van der Waals surface area contributed by atoms with Crippen LogP contribution in [0.4, 0.5) is 0 Å². The lowest BCUT2D eigenvalue weighted by Crippen LogP contribution is -2.16. The molecule has 1 aromatic carbocycles. The van der Waals surface area contributed by atoms with Gasteiger partial charge in [-0.3, -0.25) is 4.79 Å². The van der Waals surface area contributed by atoms with Crippen LogP contribution in [0.15, 0.2) is 24.3 Å². The molecule has 2 aromatic rings. The second kappa shape index (κ2) is 7.65. The Hall–Kier alpha value is -3.09. The highest BCUT2D eigenvalue weighted by Crippen LogP contribution is 2.21. The van der Waals surface area contributed by atoms with Crippen molar-refractivity contribution in [3.63, 3.8) is 0 Å². The smallest absolute Gasteiger partial charge is 0.355 e. The zero-order valence-corrected chi connectivity index (χ0v) is 14.5. The van der Waals surface area contributed by atoms with Crippen LogP contribution in [0.25, 0.3) is 0 Å². The predicted molar refractivity (Wildman–Crippen MR) is 89.2 cm³/mol. The summed E-state index contributed by atoms with van der Waals surface area (Å²) in [5.41, 5.74) is 1.63. The molecule has 0 saturated heterocycles. The van der Waals surface area contributed by atoms with E-state index in [9.17, 15) is 14.4 Å². The van der Waals surface area contributed by atoms with Gasteiger partial charge in [0, 0.05) is 5.69 Å². The van der Waals surface area contributed by atoms with E-state index in [4.69, 9.17) is 14.2 Å². The van der Waals surface area contributed by atoms with E-state index in [-0.39, 0.29) is 17.0 Å². The molecule has 132 valence electrons. The first-order valence-corrected chi connectivity index (χ1v) is 7.51. The van der Waals surface area contributed by atoms with Crippen LogP contribution < -0.4 is 4.74 Å². The molecule has 0 amide bonds. The Labute approximate surface area is 144 Å². The number of methoxy groups -OCH3 is 2. The number of Topliss-reactive ketones (excluding diaryl/α,β-unsaturated/α-hetero) is 1. The molecule has 0 saturated carbocycles. The molecule has 1 N–H and O–H groups in total. The van der Waals surface area contributed by atoms with Gasteiger partial charge in [0.2, 0.25) is 5.78 Å². The van der Waals surface area contributed by atoms with Gasteiger partial charge in [0.25, 0.3) is 0 Å². The molecule has 0 aliphatic heterocycles. The number of ketones is 1. The minimum Gasteiger partial charge on any atom is -0.496 e. The highest BCUT2D eigenvalue weighted by molar-refractivity contribution is 6.02. The van der Waals surface area contributed by atoms with Crippen molar-refractivity contribution in [3.8, 4) is 5.75 Å². The first-order valence-electron chi connectivity index (χ1n) is 7.51. The third-order valence-electron chi connectivity index (χ3n) is 3.77. The summed E-state index contributed by atoms with van der Waals surface area (Å²) in [6.45, 7) is 2.81. The molecule has 0 aliphatic rings. The summed E-state index contributed by atoms with van der Waals surface area (Å²) in [6, 6.07) is 6.67. The molecule has 0 radical (unpaired) electrons. The van der Waals surface area contributed by atoms with E-state index >= 15 is 0 Å². The van der Waals surface area contributed by atoms with E-state index in [1.807, 2.05) is 0 Å². The molecule has 0 atom stereocenters. The Balaban J connectivity index is 2.13. The Morgan fingerprint density at radius 2 is 1.72 bits per heavy atom. The lowest BCUT2D eigenvalue weighted by molar-refractivity contribution is 0.0468. The van der Waals surface area contributed by atoms with Crippen LogP contribution in [0.1, 0.15) is 42.5 Å². The van der Waals surface area contributed by atoms with Crippen LogP contribution >= 0.6 is 0 Å². The van der Waals surface area contributed by atoms with E-state index in [2.05, 4.69) is 4.98 Å². The molecule has 0 aliphatic carbocycles. The van der Waals surface area contributed by atoms with E-state index in [1.54, 1.807) is 38.1 Å². The topological polar surface area (TPSA) is 94.7 Å². The summed E-state index contributed by atoms with van der Waals surface area (Å²) in [5.74, 6) is -1.25. The number of aryl methyl sites for hydroxylation is 1. The van der Waals surface area contributed by atoms with E-state index in [0.29, 0.717) is 22.6 Å². The molecule has 0 fully saturated rings. The average Bonchev–Trinajstić information content (AvgIpc) is 2.93. The van der Waals surface area contributed by atoms with Gasteiger partial charge in [-0.05, 0) is 31.5 Å². The lowest BCUT2D eigenvalue weighted by atomic mass is 10.1. The number of ether oxygens (including phenoxy) is 3. The largest absolute Gasteiger partial charge is 0.496 e. The number of hydrogen-bond acceptors (Lipinski definition) is 6. The highest BCUT2D eigenvalue weighted by atomic mass is 16.5. The molecule has 1 heterocycles. The minimum atomic E-state index is -0.723. The monoisotopic (exact) mass is 345 g/mol. The molecule has 0 bridgehead atoms. The maximum absolute atomic E-state index is 12.2. The van der Waals surface area contributed by atoms with Gasteiger partial charge in [0.1, 0.15) is 11.4 Å². The lowest BCUT2D eigenvalue weighted by Gasteiger charge is -2.08. The maximum atomic E-state index is 12.2. The maximum Gasteiger partial charge on any atom is 0.355 e. The molecular weight excluding hydrogens is 326 g/mol. The van der Waals surface area contributed by atoms with Gasteiger partial charge in [-0.15, -0.1) is 0 Å². The van der Waals surface area contributed by atoms with Crippen LogP contribution in [-0.2, 0) is 9.47 Å². The number of carbonyl (C=O) groups excluding carboxylic acids is 3. The number of hydrogen-bond donors (Lipinski definition) is 1. The molecule has 1 aromatic heterocycles. The third kappa shape index (κ3) is 3.71. The summed E-state index contributed by atoms with van der Waals surface area (Å²) >= 11 is 0. The number of esters is 2. The summed E-state index contributed by atoms with van der Waals surface area (Å²) < 4.78 is 14.9. The van der Waals surface area contributed by atoms with Gasteiger partial charge in [-0.2, -0.15) is 0 Å². The molecule has 0 unspecified atom stereocenters. The summed E-state index contributed by atoms with van der Waals surface area (Å²) in [7, 11) is 2.72. The van der Waals surface area contributed by atoms with Crippen molar-refractivity contribution >= 4 is 17.7 Å². The van der Waals surface area contributed by atoms with E-state index in [0.717, 1.165) is 0 Å². The Bertz CT molecular complexity index is 821. The minimum absolute atomic E-state index is 0.116. The Morgan fingerprint density at radius 3 is 2.36 bits per heavy atom. The number of nitrogens with one attached hydrogen (secondary N) is 1.